The summed E-state index contributed by atoms with van der Waals surface area (Å²) in [5.41, 5.74) is 0. The van der Waals surface area contributed by atoms with Crippen molar-refractivity contribution >= 4 is 17.3 Å². The van der Waals surface area contributed by atoms with E-state index < -0.39 is 12.0 Å². The molecule has 0 aromatic carbocycles. The molecule has 6 heteroatoms. The number of piperazine rings is 1. The number of aromatic nitrogens is 1. The summed E-state index contributed by atoms with van der Waals surface area (Å²) in [6, 6.07) is -0.379. The number of hydrogen-bond donors (Lipinski definition) is 2. The molecule has 1 fully saturated rings. The van der Waals surface area contributed by atoms with Gasteiger partial charge in [0.1, 0.15) is 11.0 Å². The fraction of sp³-hybridized carbons (Fsp3) is 0.600. The highest BCUT2D eigenvalue weighted by Crippen LogP contribution is 2.24. The van der Waals surface area contributed by atoms with Gasteiger partial charge in [-0.15, -0.1) is 11.3 Å². The van der Waals surface area contributed by atoms with Crippen molar-refractivity contribution in [2.45, 2.75) is 19.0 Å². The molecule has 16 heavy (non-hydrogen) atoms. The maximum absolute atomic E-state index is 11.1. The van der Waals surface area contributed by atoms with Gasteiger partial charge in [0, 0.05) is 31.2 Å². The Hall–Kier alpha value is -0.980. The van der Waals surface area contributed by atoms with Crippen molar-refractivity contribution in [3.63, 3.8) is 0 Å². The monoisotopic (exact) mass is 241 g/mol. The lowest BCUT2D eigenvalue weighted by molar-refractivity contribution is -0.145. The number of hydrogen-bond acceptors (Lipinski definition) is 5. The molecule has 0 radical (unpaired) electrons. The van der Waals surface area contributed by atoms with Gasteiger partial charge in [0.25, 0.3) is 0 Å². The number of carboxylic acids is 1. The summed E-state index contributed by atoms with van der Waals surface area (Å²) in [5, 5.41) is 15.2. The number of carboxylic acid groups (broad SMARTS) is 1. The third-order valence-electron chi connectivity index (χ3n) is 2.88. The predicted octanol–water partition coefficient (Wildman–Crippen LogP) is 0.562. The number of nitrogens with zero attached hydrogens (tertiary/aromatic N) is 2. The van der Waals surface area contributed by atoms with Crippen LogP contribution in [0.4, 0.5) is 0 Å². The van der Waals surface area contributed by atoms with Gasteiger partial charge >= 0.3 is 5.97 Å². The second-order valence-corrected chi connectivity index (χ2v) is 4.77. The molecule has 1 saturated heterocycles. The standard InChI is InChI=1S/C10H15N3O2S/c1-7(9-12-3-5-16-9)13-4-2-11-6-8(13)10(14)15/h3,5,7-8,11H,2,4,6H2,1H3,(H,14,15)/t7-,8-/m1/s1. The summed E-state index contributed by atoms with van der Waals surface area (Å²) in [6.45, 7) is 4.10. The SMILES string of the molecule is C[C@H](c1nccs1)N1CCNC[C@@H]1C(=O)O. The quantitative estimate of drug-likeness (QED) is 0.809. The summed E-state index contributed by atoms with van der Waals surface area (Å²) in [7, 11) is 0. The predicted molar refractivity (Wildman–Crippen MR) is 61.5 cm³/mol. The van der Waals surface area contributed by atoms with E-state index in [1.54, 1.807) is 17.5 Å². The molecule has 1 aromatic rings. The van der Waals surface area contributed by atoms with Gasteiger partial charge in [-0.25, -0.2) is 4.98 Å². The van der Waals surface area contributed by atoms with E-state index in [0.29, 0.717) is 6.54 Å². The summed E-state index contributed by atoms with van der Waals surface area (Å²) < 4.78 is 0. The molecule has 0 amide bonds. The molecule has 2 heterocycles. The van der Waals surface area contributed by atoms with Crippen LogP contribution in [0.1, 0.15) is 18.0 Å². The number of thiazole rings is 1. The molecule has 0 saturated carbocycles. The third-order valence-corrected chi connectivity index (χ3v) is 3.82. The largest absolute Gasteiger partial charge is 0.480 e. The van der Waals surface area contributed by atoms with Crippen molar-refractivity contribution in [2.24, 2.45) is 0 Å². The Morgan fingerprint density at radius 2 is 2.62 bits per heavy atom. The lowest BCUT2D eigenvalue weighted by Crippen LogP contribution is -2.55. The van der Waals surface area contributed by atoms with Crippen molar-refractivity contribution in [1.29, 1.82) is 0 Å². The molecular formula is C10H15N3O2S. The molecule has 2 atom stereocenters. The van der Waals surface area contributed by atoms with Crippen molar-refractivity contribution in [1.82, 2.24) is 15.2 Å². The van der Waals surface area contributed by atoms with Gasteiger partial charge < -0.3 is 10.4 Å². The minimum absolute atomic E-state index is 0.0724. The van der Waals surface area contributed by atoms with Crippen LogP contribution < -0.4 is 5.32 Å². The molecule has 0 aliphatic carbocycles. The molecule has 0 unspecified atom stereocenters. The first-order valence-corrected chi connectivity index (χ1v) is 6.17. The van der Waals surface area contributed by atoms with Crippen LogP contribution >= 0.6 is 11.3 Å². The first-order chi connectivity index (χ1) is 7.70. The molecular weight excluding hydrogens is 226 g/mol. The number of nitrogens with one attached hydrogen (secondary N) is 1. The summed E-state index contributed by atoms with van der Waals surface area (Å²) in [6.07, 6.45) is 1.76. The van der Waals surface area contributed by atoms with Gasteiger partial charge in [-0.2, -0.15) is 0 Å². The van der Waals surface area contributed by atoms with Crippen LogP contribution in [0.25, 0.3) is 0 Å². The van der Waals surface area contributed by atoms with Crippen LogP contribution in [-0.4, -0.2) is 46.6 Å². The van der Waals surface area contributed by atoms with E-state index in [1.165, 1.54) is 0 Å². The maximum Gasteiger partial charge on any atom is 0.322 e. The van der Waals surface area contributed by atoms with E-state index in [-0.39, 0.29) is 6.04 Å². The van der Waals surface area contributed by atoms with Gasteiger partial charge in [-0.1, -0.05) is 0 Å². The topological polar surface area (TPSA) is 65.5 Å². The molecule has 88 valence electrons. The molecule has 1 aromatic heterocycles. The van der Waals surface area contributed by atoms with Crippen LogP contribution in [0.3, 0.4) is 0 Å². The normalized spacial score (nSPS) is 24.2. The Morgan fingerprint density at radius 3 is 3.25 bits per heavy atom. The van der Waals surface area contributed by atoms with Crippen LogP contribution in [0.5, 0.6) is 0 Å². The van der Waals surface area contributed by atoms with Gasteiger partial charge in [-0.3, -0.25) is 9.69 Å². The Balaban J connectivity index is 2.14. The number of carbonyl (C=O) groups is 1. The fourth-order valence-electron chi connectivity index (χ4n) is 2.00. The minimum Gasteiger partial charge on any atom is -0.480 e. The van der Waals surface area contributed by atoms with E-state index in [2.05, 4.69) is 10.3 Å². The molecule has 2 N–H and O–H groups in total. The maximum atomic E-state index is 11.1. The molecule has 0 bridgehead atoms. The van der Waals surface area contributed by atoms with Crippen LogP contribution in [0, 0.1) is 0 Å². The smallest absolute Gasteiger partial charge is 0.322 e. The lowest BCUT2D eigenvalue weighted by atomic mass is 10.1. The summed E-state index contributed by atoms with van der Waals surface area (Å²) >= 11 is 1.57. The van der Waals surface area contributed by atoms with E-state index in [0.717, 1.165) is 18.1 Å². The van der Waals surface area contributed by atoms with Gasteiger partial charge in [0.15, 0.2) is 0 Å². The first-order valence-electron chi connectivity index (χ1n) is 5.29. The second-order valence-electron chi connectivity index (χ2n) is 3.84. The number of rotatable bonds is 3. The highest BCUT2D eigenvalue weighted by atomic mass is 32.1. The van der Waals surface area contributed by atoms with E-state index in [1.807, 2.05) is 17.2 Å². The molecule has 1 aliphatic rings. The average Bonchev–Trinajstić information content (AvgIpc) is 2.81. The minimum atomic E-state index is -0.768. The van der Waals surface area contributed by atoms with Gasteiger partial charge in [-0.05, 0) is 6.92 Å². The third kappa shape index (κ3) is 2.23. The van der Waals surface area contributed by atoms with Crippen molar-refractivity contribution in [3.05, 3.63) is 16.6 Å². The zero-order chi connectivity index (χ0) is 11.5. The Bertz CT molecular complexity index is 355. The van der Waals surface area contributed by atoms with E-state index in [4.69, 9.17) is 5.11 Å². The molecule has 5 nitrogen and oxygen atoms in total. The van der Waals surface area contributed by atoms with Crippen molar-refractivity contribution < 1.29 is 9.90 Å². The number of aliphatic carboxylic acids is 1. The van der Waals surface area contributed by atoms with E-state index in [9.17, 15) is 4.79 Å². The highest BCUT2D eigenvalue weighted by Gasteiger charge is 2.32. The summed E-state index contributed by atoms with van der Waals surface area (Å²) in [4.78, 5) is 17.4. The van der Waals surface area contributed by atoms with Crippen LogP contribution in [-0.2, 0) is 4.79 Å². The zero-order valence-corrected chi connectivity index (χ0v) is 9.91. The fourth-order valence-corrected chi connectivity index (χ4v) is 2.71. The van der Waals surface area contributed by atoms with Gasteiger partial charge in [0.05, 0.1) is 6.04 Å². The second kappa shape index (κ2) is 4.90. The average molecular weight is 241 g/mol. The van der Waals surface area contributed by atoms with Crippen LogP contribution in [0.2, 0.25) is 0 Å². The summed E-state index contributed by atoms with van der Waals surface area (Å²) in [5.74, 6) is -0.768. The Kier molecular flexibility index (Phi) is 3.52. The first kappa shape index (κ1) is 11.5. The molecule has 0 spiro atoms. The van der Waals surface area contributed by atoms with Crippen LogP contribution in [0.15, 0.2) is 11.6 Å². The Morgan fingerprint density at radius 1 is 1.81 bits per heavy atom. The van der Waals surface area contributed by atoms with Crippen molar-refractivity contribution in [2.75, 3.05) is 19.6 Å². The lowest BCUT2D eigenvalue weighted by Gasteiger charge is -2.36. The molecule has 1 aliphatic heterocycles. The van der Waals surface area contributed by atoms with Gasteiger partial charge in [0.2, 0.25) is 0 Å². The highest BCUT2D eigenvalue weighted by molar-refractivity contribution is 7.09. The van der Waals surface area contributed by atoms with E-state index >= 15 is 0 Å². The Labute approximate surface area is 98.1 Å². The molecule has 2 rings (SSSR count). The zero-order valence-electron chi connectivity index (χ0n) is 9.09. The van der Waals surface area contributed by atoms with Crippen molar-refractivity contribution in [3.8, 4) is 0 Å².